The fraction of sp³-hybridized carbons (Fsp3) is 1.00. The summed E-state index contributed by atoms with van der Waals surface area (Å²) in [6.07, 6.45) is 2.96. The van der Waals surface area contributed by atoms with Crippen LogP contribution in [0.2, 0.25) is 0 Å². The van der Waals surface area contributed by atoms with E-state index in [0.29, 0.717) is 5.41 Å². The molecule has 74 valence electrons. The van der Waals surface area contributed by atoms with Gasteiger partial charge in [0.2, 0.25) is 0 Å². The molecule has 0 radical (unpaired) electrons. The molecule has 0 amide bonds. The molecule has 0 aromatic carbocycles. The molecule has 3 saturated carbocycles. The Morgan fingerprint density at radius 1 is 1.23 bits per heavy atom. The van der Waals surface area contributed by atoms with Gasteiger partial charge in [0.05, 0.1) is 0 Å². The van der Waals surface area contributed by atoms with Gasteiger partial charge >= 0.3 is 0 Å². The quantitative estimate of drug-likeness (QED) is 0.612. The van der Waals surface area contributed by atoms with E-state index in [0.717, 1.165) is 34.8 Å². The second-order valence-electron chi connectivity index (χ2n) is 5.73. The Morgan fingerprint density at radius 3 is 2.46 bits per heavy atom. The van der Waals surface area contributed by atoms with E-state index < -0.39 is 0 Å². The lowest BCUT2D eigenvalue weighted by Gasteiger charge is -2.27. The number of thiol groups is 1. The minimum absolute atomic E-state index is 0.651. The molecule has 3 rings (SSSR count). The maximum Gasteiger partial charge on any atom is -0.00302 e. The van der Waals surface area contributed by atoms with Crippen LogP contribution in [0.3, 0.4) is 0 Å². The zero-order valence-electron chi connectivity index (χ0n) is 8.88. The van der Waals surface area contributed by atoms with Crippen molar-refractivity contribution in [1.29, 1.82) is 0 Å². The second kappa shape index (κ2) is 2.13. The summed E-state index contributed by atoms with van der Waals surface area (Å²) < 4.78 is 0. The molecular formula is C12H20S. The van der Waals surface area contributed by atoms with E-state index in [1.807, 2.05) is 0 Å². The maximum absolute atomic E-state index is 4.63. The van der Waals surface area contributed by atoms with Gasteiger partial charge in [0, 0.05) is 0 Å². The van der Waals surface area contributed by atoms with Gasteiger partial charge in [-0.2, -0.15) is 12.6 Å². The highest BCUT2D eigenvalue weighted by Gasteiger charge is 2.89. The van der Waals surface area contributed by atoms with Gasteiger partial charge in [-0.1, -0.05) is 20.8 Å². The van der Waals surface area contributed by atoms with Crippen LogP contribution < -0.4 is 0 Å². The average molecular weight is 196 g/mol. The predicted octanol–water partition coefficient (Wildman–Crippen LogP) is 3.23. The van der Waals surface area contributed by atoms with Gasteiger partial charge in [0.15, 0.2) is 0 Å². The van der Waals surface area contributed by atoms with Crippen molar-refractivity contribution in [2.24, 2.45) is 34.5 Å². The van der Waals surface area contributed by atoms with Crippen LogP contribution in [-0.2, 0) is 0 Å². The third-order valence-electron chi connectivity index (χ3n) is 6.13. The third kappa shape index (κ3) is 0.590. The maximum atomic E-state index is 4.63. The first-order valence-corrected chi connectivity index (χ1v) is 6.38. The Hall–Kier alpha value is 0.350. The van der Waals surface area contributed by atoms with Gasteiger partial charge in [-0.15, -0.1) is 0 Å². The Kier molecular flexibility index (Phi) is 1.41. The Balaban J connectivity index is 2.02. The van der Waals surface area contributed by atoms with Crippen LogP contribution in [0.1, 0.15) is 33.6 Å². The van der Waals surface area contributed by atoms with Crippen LogP contribution >= 0.6 is 12.6 Å². The third-order valence-corrected chi connectivity index (χ3v) is 6.65. The molecule has 0 aromatic rings. The first-order valence-electron chi connectivity index (χ1n) is 5.75. The first kappa shape index (κ1) is 8.64. The fourth-order valence-electron chi connectivity index (χ4n) is 5.45. The molecule has 6 atom stereocenters. The van der Waals surface area contributed by atoms with Crippen molar-refractivity contribution in [1.82, 2.24) is 0 Å². The molecule has 13 heavy (non-hydrogen) atoms. The molecule has 0 aliphatic heterocycles. The smallest absolute Gasteiger partial charge is 0.00302 e. The summed E-state index contributed by atoms with van der Waals surface area (Å²) in [7, 11) is 0. The monoisotopic (exact) mass is 196 g/mol. The van der Waals surface area contributed by atoms with Crippen LogP contribution in [-0.4, -0.2) is 5.75 Å². The van der Waals surface area contributed by atoms with Gasteiger partial charge in [-0.25, -0.2) is 0 Å². The zero-order valence-corrected chi connectivity index (χ0v) is 9.77. The van der Waals surface area contributed by atoms with Crippen molar-refractivity contribution in [3.8, 4) is 0 Å². The molecule has 3 fully saturated rings. The normalized spacial score (nSPS) is 68.3. The van der Waals surface area contributed by atoms with Crippen LogP contribution in [0.4, 0.5) is 0 Å². The molecule has 0 saturated heterocycles. The van der Waals surface area contributed by atoms with E-state index >= 15 is 0 Å². The zero-order chi connectivity index (χ0) is 9.43. The highest BCUT2D eigenvalue weighted by atomic mass is 32.1. The molecule has 3 aliphatic carbocycles. The number of hydrogen-bond acceptors (Lipinski definition) is 1. The summed E-state index contributed by atoms with van der Waals surface area (Å²) in [5.74, 6) is 5.12. The van der Waals surface area contributed by atoms with Crippen molar-refractivity contribution in [3.63, 3.8) is 0 Å². The van der Waals surface area contributed by atoms with E-state index in [1.165, 1.54) is 12.8 Å². The molecule has 0 heterocycles. The summed E-state index contributed by atoms with van der Waals surface area (Å²) in [5.41, 5.74) is 1.42. The summed E-state index contributed by atoms with van der Waals surface area (Å²) >= 11 is 4.63. The van der Waals surface area contributed by atoms with Gasteiger partial charge in [0.1, 0.15) is 0 Å². The Labute approximate surface area is 86.9 Å². The van der Waals surface area contributed by atoms with Crippen molar-refractivity contribution < 1.29 is 0 Å². The predicted molar refractivity (Wildman–Crippen MR) is 58.9 cm³/mol. The topological polar surface area (TPSA) is 0 Å². The van der Waals surface area contributed by atoms with Crippen molar-refractivity contribution in [2.75, 3.05) is 5.75 Å². The van der Waals surface area contributed by atoms with E-state index in [4.69, 9.17) is 0 Å². The fourth-order valence-corrected chi connectivity index (χ4v) is 6.31. The molecule has 4 unspecified atom stereocenters. The second-order valence-corrected chi connectivity index (χ2v) is 6.04. The molecular weight excluding hydrogens is 176 g/mol. The van der Waals surface area contributed by atoms with Crippen LogP contribution in [0.15, 0.2) is 0 Å². The average Bonchev–Trinajstić information content (AvgIpc) is 2.90. The first-order chi connectivity index (χ1) is 6.14. The molecule has 0 N–H and O–H groups in total. The summed E-state index contributed by atoms with van der Waals surface area (Å²) in [5, 5.41) is 0. The Morgan fingerprint density at radius 2 is 1.92 bits per heavy atom. The lowest BCUT2D eigenvalue weighted by molar-refractivity contribution is 0.249. The largest absolute Gasteiger partial charge is 0.179 e. The van der Waals surface area contributed by atoms with Gasteiger partial charge in [-0.05, 0) is 53.1 Å². The molecule has 1 spiro atoms. The Bertz CT molecular complexity index is 262. The SMILES string of the molecule is CC1CCC2[C@@H](C)C23[C@@H](C)C13CS. The van der Waals surface area contributed by atoms with Crippen LogP contribution in [0, 0.1) is 34.5 Å². The van der Waals surface area contributed by atoms with E-state index in [-0.39, 0.29) is 0 Å². The van der Waals surface area contributed by atoms with Gasteiger partial charge in [0.25, 0.3) is 0 Å². The van der Waals surface area contributed by atoms with Crippen LogP contribution in [0.5, 0.6) is 0 Å². The molecule has 3 aliphatic rings. The lowest BCUT2D eigenvalue weighted by Crippen LogP contribution is -2.23. The minimum atomic E-state index is 0.651. The summed E-state index contributed by atoms with van der Waals surface area (Å²) in [6.45, 7) is 7.42. The van der Waals surface area contributed by atoms with E-state index in [9.17, 15) is 0 Å². The molecule has 0 bridgehead atoms. The molecule has 0 aromatic heterocycles. The van der Waals surface area contributed by atoms with Crippen molar-refractivity contribution >= 4 is 12.6 Å². The molecule has 0 nitrogen and oxygen atoms in total. The minimum Gasteiger partial charge on any atom is -0.179 e. The standard InChI is InChI=1S/C12H20S/c1-7-4-5-10-8(2)12(10)9(3)11(7,12)6-13/h7-10,13H,4-6H2,1-3H3/t7?,8-,9+,10?,11?,12?/m1/s1. The number of hydrogen-bond donors (Lipinski definition) is 1. The van der Waals surface area contributed by atoms with E-state index in [2.05, 4.69) is 33.4 Å². The van der Waals surface area contributed by atoms with Crippen molar-refractivity contribution in [3.05, 3.63) is 0 Å². The summed E-state index contributed by atoms with van der Waals surface area (Å²) in [6, 6.07) is 0. The van der Waals surface area contributed by atoms with Crippen LogP contribution in [0.25, 0.3) is 0 Å². The van der Waals surface area contributed by atoms with Gasteiger partial charge in [-0.3, -0.25) is 0 Å². The summed E-state index contributed by atoms with van der Waals surface area (Å²) in [4.78, 5) is 0. The van der Waals surface area contributed by atoms with E-state index in [1.54, 1.807) is 0 Å². The highest BCUT2D eigenvalue weighted by molar-refractivity contribution is 7.80. The van der Waals surface area contributed by atoms with Gasteiger partial charge < -0.3 is 0 Å². The molecule has 1 heteroatoms. The van der Waals surface area contributed by atoms with Crippen molar-refractivity contribution in [2.45, 2.75) is 33.6 Å². The lowest BCUT2D eigenvalue weighted by atomic mass is 9.80. The number of rotatable bonds is 1. The highest BCUT2D eigenvalue weighted by Crippen LogP contribution is 2.93.